The summed E-state index contributed by atoms with van der Waals surface area (Å²) in [6, 6.07) is 6.22. The topological polar surface area (TPSA) is 51.0 Å². The first-order valence-corrected chi connectivity index (χ1v) is 5.88. The molecule has 4 nitrogen and oxygen atoms in total. The Hall–Kier alpha value is -2.43. The van der Waals surface area contributed by atoms with Crippen LogP contribution < -0.4 is 5.32 Å². The maximum absolute atomic E-state index is 13.2. The van der Waals surface area contributed by atoms with E-state index >= 15 is 0 Å². The van der Waals surface area contributed by atoms with E-state index in [1.54, 1.807) is 19.2 Å². The molecule has 0 atom stereocenters. The van der Waals surface area contributed by atoms with Gasteiger partial charge >= 0.3 is 0 Å². The third-order valence-corrected chi connectivity index (χ3v) is 3.03. The fourth-order valence-corrected chi connectivity index (χ4v) is 2.08. The summed E-state index contributed by atoms with van der Waals surface area (Å²) in [4.78, 5) is 8.36. The molecule has 0 unspecified atom stereocenters. The number of nitrogens with zero attached hydrogens (tertiary/aromatic N) is 2. The SMILES string of the molecule is CNc1ncnc(-c2cc3cc(F)ccc3o2)c1C. The third kappa shape index (κ3) is 1.93. The van der Waals surface area contributed by atoms with Crippen molar-refractivity contribution in [3.63, 3.8) is 0 Å². The summed E-state index contributed by atoms with van der Waals surface area (Å²) in [6.07, 6.45) is 1.47. The largest absolute Gasteiger partial charge is 0.454 e. The van der Waals surface area contributed by atoms with Crippen LogP contribution in [0.5, 0.6) is 0 Å². The second kappa shape index (κ2) is 4.35. The first-order valence-electron chi connectivity index (χ1n) is 5.88. The van der Waals surface area contributed by atoms with E-state index < -0.39 is 0 Å². The summed E-state index contributed by atoms with van der Waals surface area (Å²) in [5, 5.41) is 3.72. The lowest BCUT2D eigenvalue weighted by Gasteiger charge is -2.06. The molecule has 0 aliphatic heterocycles. The average Bonchev–Trinajstić information content (AvgIpc) is 2.81. The highest BCUT2D eigenvalue weighted by molar-refractivity contribution is 5.83. The van der Waals surface area contributed by atoms with Crippen LogP contribution in [0.15, 0.2) is 35.0 Å². The number of anilines is 1. The van der Waals surface area contributed by atoms with E-state index in [9.17, 15) is 4.39 Å². The zero-order chi connectivity index (χ0) is 13.4. The van der Waals surface area contributed by atoms with Gasteiger partial charge in [0.2, 0.25) is 0 Å². The van der Waals surface area contributed by atoms with E-state index in [1.807, 2.05) is 6.92 Å². The van der Waals surface area contributed by atoms with Crippen LogP contribution in [-0.2, 0) is 0 Å². The molecule has 0 spiro atoms. The molecule has 0 radical (unpaired) electrons. The van der Waals surface area contributed by atoms with Crippen molar-refractivity contribution in [2.24, 2.45) is 0 Å². The Labute approximate surface area is 109 Å². The molecule has 5 heteroatoms. The van der Waals surface area contributed by atoms with Crippen LogP contribution >= 0.6 is 0 Å². The summed E-state index contributed by atoms with van der Waals surface area (Å²) in [5.41, 5.74) is 2.24. The fourth-order valence-electron chi connectivity index (χ4n) is 2.08. The van der Waals surface area contributed by atoms with Gasteiger partial charge in [0, 0.05) is 18.0 Å². The summed E-state index contributed by atoms with van der Waals surface area (Å²) in [7, 11) is 1.80. The van der Waals surface area contributed by atoms with Gasteiger partial charge in [0.15, 0.2) is 5.76 Å². The molecular formula is C14H12FN3O. The number of benzene rings is 1. The van der Waals surface area contributed by atoms with Crippen LogP contribution in [0.1, 0.15) is 5.56 Å². The smallest absolute Gasteiger partial charge is 0.154 e. The highest BCUT2D eigenvalue weighted by atomic mass is 19.1. The van der Waals surface area contributed by atoms with Crippen molar-refractivity contribution in [3.05, 3.63) is 42.0 Å². The molecule has 0 aliphatic carbocycles. The highest BCUT2D eigenvalue weighted by Crippen LogP contribution is 2.30. The van der Waals surface area contributed by atoms with Crippen molar-refractivity contribution in [1.82, 2.24) is 9.97 Å². The first-order chi connectivity index (χ1) is 9.19. The van der Waals surface area contributed by atoms with Crippen LogP contribution in [0.2, 0.25) is 0 Å². The number of halogens is 1. The minimum atomic E-state index is -0.282. The molecule has 96 valence electrons. The monoisotopic (exact) mass is 257 g/mol. The van der Waals surface area contributed by atoms with E-state index in [-0.39, 0.29) is 5.82 Å². The number of nitrogens with one attached hydrogen (secondary N) is 1. The third-order valence-electron chi connectivity index (χ3n) is 3.03. The quantitative estimate of drug-likeness (QED) is 0.764. The lowest BCUT2D eigenvalue weighted by atomic mass is 10.2. The molecule has 1 N–H and O–H groups in total. The Morgan fingerprint density at radius 3 is 2.84 bits per heavy atom. The molecule has 19 heavy (non-hydrogen) atoms. The Morgan fingerprint density at radius 1 is 1.21 bits per heavy atom. The molecule has 0 saturated heterocycles. The van der Waals surface area contributed by atoms with Crippen LogP contribution in [0.25, 0.3) is 22.4 Å². The van der Waals surface area contributed by atoms with E-state index in [0.29, 0.717) is 17.0 Å². The van der Waals surface area contributed by atoms with Crippen LogP contribution in [0.3, 0.4) is 0 Å². The van der Waals surface area contributed by atoms with Gasteiger partial charge in [-0.3, -0.25) is 0 Å². The first kappa shape index (κ1) is 11.6. The van der Waals surface area contributed by atoms with E-state index in [4.69, 9.17) is 4.42 Å². The standard InChI is InChI=1S/C14H12FN3O/c1-8-13(17-7-18-14(8)16-2)12-6-9-5-10(15)3-4-11(9)19-12/h3-7H,1-2H3,(H,16,17,18). The van der Waals surface area contributed by atoms with Crippen molar-refractivity contribution < 1.29 is 8.81 Å². The maximum atomic E-state index is 13.2. The van der Waals surface area contributed by atoms with Crippen molar-refractivity contribution in [3.8, 4) is 11.5 Å². The second-order valence-corrected chi connectivity index (χ2v) is 4.24. The summed E-state index contributed by atoms with van der Waals surface area (Å²) >= 11 is 0. The van der Waals surface area contributed by atoms with Gasteiger partial charge in [0.05, 0.1) is 0 Å². The van der Waals surface area contributed by atoms with Crippen molar-refractivity contribution >= 4 is 16.8 Å². The zero-order valence-corrected chi connectivity index (χ0v) is 10.6. The zero-order valence-electron chi connectivity index (χ0n) is 10.6. The van der Waals surface area contributed by atoms with Gasteiger partial charge in [-0.2, -0.15) is 0 Å². The predicted molar refractivity (Wildman–Crippen MR) is 71.5 cm³/mol. The molecule has 0 aliphatic rings. The predicted octanol–water partition coefficient (Wildman–Crippen LogP) is 3.38. The normalized spacial score (nSPS) is 10.9. The molecule has 2 aromatic heterocycles. The number of furan rings is 1. The Kier molecular flexibility index (Phi) is 2.67. The number of rotatable bonds is 2. The molecule has 0 amide bonds. The molecular weight excluding hydrogens is 245 g/mol. The number of fused-ring (bicyclic) bond motifs is 1. The fraction of sp³-hybridized carbons (Fsp3) is 0.143. The molecule has 0 saturated carbocycles. The molecule has 0 fully saturated rings. The summed E-state index contributed by atoms with van der Waals surface area (Å²) in [5.74, 6) is 1.07. The average molecular weight is 257 g/mol. The maximum Gasteiger partial charge on any atom is 0.154 e. The van der Waals surface area contributed by atoms with Gasteiger partial charge in [-0.15, -0.1) is 0 Å². The van der Waals surface area contributed by atoms with E-state index in [1.165, 1.54) is 18.5 Å². The molecule has 0 bridgehead atoms. The van der Waals surface area contributed by atoms with Gasteiger partial charge < -0.3 is 9.73 Å². The minimum Gasteiger partial charge on any atom is -0.454 e. The van der Waals surface area contributed by atoms with Crippen molar-refractivity contribution in [2.45, 2.75) is 6.92 Å². The minimum absolute atomic E-state index is 0.282. The molecule has 1 aromatic carbocycles. The summed E-state index contributed by atoms with van der Waals surface area (Å²) < 4.78 is 18.9. The van der Waals surface area contributed by atoms with Gasteiger partial charge in [0.25, 0.3) is 0 Å². The van der Waals surface area contributed by atoms with Gasteiger partial charge in [0.1, 0.15) is 29.2 Å². The highest BCUT2D eigenvalue weighted by Gasteiger charge is 2.13. The lowest BCUT2D eigenvalue weighted by molar-refractivity contribution is 0.617. The second-order valence-electron chi connectivity index (χ2n) is 4.24. The van der Waals surface area contributed by atoms with Crippen molar-refractivity contribution in [2.75, 3.05) is 12.4 Å². The van der Waals surface area contributed by atoms with Crippen LogP contribution in [-0.4, -0.2) is 17.0 Å². The number of hydrogen-bond donors (Lipinski definition) is 1. The Balaban J connectivity index is 2.19. The molecule has 3 aromatic rings. The number of aromatic nitrogens is 2. The Bertz CT molecular complexity index is 752. The van der Waals surface area contributed by atoms with Gasteiger partial charge in [-0.1, -0.05) is 0 Å². The Morgan fingerprint density at radius 2 is 2.05 bits per heavy atom. The van der Waals surface area contributed by atoms with Crippen LogP contribution in [0, 0.1) is 12.7 Å². The molecule has 3 rings (SSSR count). The summed E-state index contributed by atoms with van der Waals surface area (Å²) in [6.45, 7) is 1.91. The van der Waals surface area contributed by atoms with Crippen molar-refractivity contribution in [1.29, 1.82) is 0 Å². The van der Waals surface area contributed by atoms with Gasteiger partial charge in [-0.05, 0) is 31.2 Å². The van der Waals surface area contributed by atoms with E-state index in [2.05, 4.69) is 15.3 Å². The lowest BCUT2D eigenvalue weighted by Crippen LogP contribution is -1.98. The van der Waals surface area contributed by atoms with Gasteiger partial charge in [-0.25, -0.2) is 14.4 Å². The van der Waals surface area contributed by atoms with Crippen LogP contribution in [0.4, 0.5) is 10.2 Å². The van der Waals surface area contributed by atoms with E-state index in [0.717, 1.165) is 16.8 Å². The molecule has 2 heterocycles. The number of hydrogen-bond acceptors (Lipinski definition) is 4.